The van der Waals surface area contributed by atoms with Gasteiger partial charge in [-0.25, -0.2) is 22.7 Å². The predicted molar refractivity (Wildman–Crippen MR) is 93.1 cm³/mol. The highest BCUT2D eigenvalue weighted by Gasteiger charge is 2.10. The van der Waals surface area contributed by atoms with Gasteiger partial charge >= 0.3 is 6.03 Å². The van der Waals surface area contributed by atoms with Crippen molar-refractivity contribution in [1.82, 2.24) is 10.6 Å². The number of hydrogen-bond acceptors (Lipinski definition) is 4. The van der Waals surface area contributed by atoms with Crippen LogP contribution in [0.1, 0.15) is 5.56 Å². The van der Waals surface area contributed by atoms with Crippen LogP contribution in [0.25, 0.3) is 0 Å². The molecule has 0 aromatic heterocycles. The highest BCUT2D eigenvalue weighted by atomic mass is 32.2. The molecule has 0 radical (unpaired) electrons. The van der Waals surface area contributed by atoms with E-state index in [9.17, 15) is 22.4 Å². The lowest BCUT2D eigenvalue weighted by Gasteiger charge is -2.09. The van der Waals surface area contributed by atoms with E-state index in [2.05, 4.69) is 16.0 Å². The zero-order chi connectivity index (χ0) is 19.2. The summed E-state index contributed by atoms with van der Waals surface area (Å²) in [5.41, 5.74) is 0.931. The van der Waals surface area contributed by atoms with E-state index in [1.54, 1.807) is 0 Å². The van der Waals surface area contributed by atoms with E-state index in [1.165, 1.54) is 48.5 Å². The molecule has 0 atom stereocenters. The molecule has 3 amide bonds. The van der Waals surface area contributed by atoms with Gasteiger partial charge in [0.05, 0.1) is 11.4 Å². The Hall–Kier alpha value is -2.98. The molecule has 0 aliphatic heterocycles. The van der Waals surface area contributed by atoms with E-state index in [0.29, 0.717) is 5.56 Å². The van der Waals surface area contributed by atoms with Crippen molar-refractivity contribution in [2.45, 2.75) is 11.4 Å². The Morgan fingerprint density at radius 2 is 1.73 bits per heavy atom. The molecule has 10 heteroatoms. The Balaban J connectivity index is 1.79. The molecular formula is C16H17FN4O4S. The fourth-order valence-corrected chi connectivity index (χ4v) is 2.52. The quantitative estimate of drug-likeness (QED) is 0.593. The summed E-state index contributed by atoms with van der Waals surface area (Å²) >= 11 is 0. The summed E-state index contributed by atoms with van der Waals surface area (Å²) in [7, 11) is -3.88. The second-order valence-corrected chi connectivity index (χ2v) is 6.85. The Kier molecular flexibility index (Phi) is 6.26. The number of nitrogens with two attached hydrogens (primary N) is 1. The maximum absolute atomic E-state index is 12.8. The van der Waals surface area contributed by atoms with Crippen LogP contribution < -0.4 is 21.1 Å². The number of anilines is 1. The average Bonchev–Trinajstić information content (AvgIpc) is 2.59. The van der Waals surface area contributed by atoms with Crippen LogP contribution in [0.2, 0.25) is 0 Å². The van der Waals surface area contributed by atoms with Gasteiger partial charge in [-0.3, -0.25) is 4.79 Å². The number of urea groups is 1. The maximum atomic E-state index is 12.8. The van der Waals surface area contributed by atoms with Crippen molar-refractivity contribution in [3.63, 3.8) is 0 Å². The molecule has 0 unspecified atom stereocenters. The SMILES string of the molecule is NS(=O)(=O)c1cccc(NC(=O)CNC(=O)NCc2ccc(F)cc2)c1. The van der Waals surface area contributed by atoms with E-state index in [-0.39, 0.29) is 29.5 Å². The Morgan fingerprint density at radius 1 is 1.04 bits per heavy atom. The average molecular weight is 380 g/mol. The lowest BCUT2D eigenvalue weighted by molar-refractivity contribution is -0.115. The van der Waals surface area contributed by atoms with Crippen molar-refractivity contribution in [1.29, 1.82) is 0 Å². The summed E-state index contributed by atoms with van der Waals surface area (Å²) < 4.78 is 35.3. The minimum absolute atomic E-state index is 0.139. The van der Waals surface area contributed by atoms with Gasteiger partial charge in [-0.2, -0.15) is 0 Å². The van der Waals surface area contributed by atoms with Gasteiger partial charge in [0, 0.05) is 12.2 Å². The van der Waals surface area contributed by atoms with Crippen molar-refractivity contribution in [2.75, 3.05) is 11.9 Å². The highest BCUT2D eigenvalue weighted by Crippen LogP contribution is 2.13. The number of carbonyl (C=O) groups excluding carboxylic acids is 2. The first kappa shape index (κ1) is 19.3. The van der Waals surface area contributed by atoms with Gasteiger partial charge in [-0.05, 0) is 35.9 Å². The van der Waals surface area contributed by atoms with Gasteiger partial charge in [-0.15, -0.1) is 0 Å². The monoisotopic (exact) mass is 380 g/mol. The number of benzene rings is 2. The molecule has 2 aromatic rings. The van der Waals surface area contributed by atoms with E-state index >= 15 is 0 Å². The van der Waals surface area contributed by atoms with E-state index in [0.717, 1.165) is 0 Å². The molecule has 0 aliphatic rings. The lowest BCUT2D eigenvalue weighted by atomic mass is 10.2. The van der Waals surface area contributed by atoms with Gasteiger partial charge in [0.2, 0.25) is 15.9 Å². The number of hydrogen-bond donors (Lipinski definition) is 4. The minimum atomic E-state index is -3.88. The number of halogens is 1. The van der Waals surface area contributed by atoms with Crippen molar-refractivity contribution < 1.29 is 22.4 Å². The summed E-state index contributed by atoms with van der Waals surface area (Å²) in [6.07, 6.45) is 0. The van der Waals surface area contributed by atoms with Crippen molar-refractivity contribution >= 4 is 27.6 Å². The maximum Gasteiger partial charge on any atom is 0.315 e. The zero-order valence-electron chi connectivity index (χ0n) is 13.5. The summed E-state index contributed by atoms with van der Waals surface area (Å²) in [5, 5.41) is 12.3. The largest absolute Gasteiger partial charge is 0.334 e. The number of amides is 3. The molecule has 8 nitrogen and oxygen atoms in total. The van der Waals surface area contributed by atoms with E-state index in [4.69, 9.17) is 5.14 Å². The van der Waals surface area contributed by atoms with Gasteiger partial charge in [0.1, 0.15) is 5.82 Å². The number of nitrogens with one attached hydrogen (secondary N) is 3. The van der Waals surface area contributed by atoms with Crippen LogP contribution in [0, 0.1) is 5.82 Å². The van der Waals surface area contributed by atoms with Crippen LogP contribution in [0.15, 0.2) is 53.4 Å². The lowest BCUT2D eigenvalue weighted by Crippen LogP contribution is -2.39. The van der Waals surface area contributed by atoms with Gasteiger partial charge in [-0.1, -0.05) is 18.2 Å². The third-order valence-corrected chi connectivity index (χ3v) is 4.13. The number of primary sulfonamides is 1. The number of sulfonamides is 1. The van der Waals surface area contributed by atoms with Crippen molar-refractivity contribution in [3.8, 4) is 0 Å². The molecule has 26 heavy (non-hydrogen) atoms. The first-order valence-corrected chi connectivity index (χ1v) is 8.97. The first-order chi connectivity index (χ1) is 12.2. The van der Waals surface area contributed by atoms with E-state index in [1.807, 2.05) is 0 Å². The van der Waals surface area contributed by atoms with Gasteiger partial charge < -0.3 is 16.0 Å². The summed E-state index contributed by atoms with van der Waals surface area (Å²) in [4.78, 5) is 23.3. The molecule has 0 saturated carbocycles. The Bertz CT molecular complexity index is 901. The molecule has 0 saturated heterocycles. The minimum Gasteiger partial charge on any atom is -0.334 e. The fourth-order valence-electron chi connectivity index (χ4n) is 1.96. The molecule has 5 N–H and O–H groups in total. The standard InChI is InChI=1S/C16H17FN4O4S/c17-12-6-4-11(5-7-12)9-19-16(23)20-10-15(22)21-13-2-1-3-14(8-13)26(18,24)25/h1-8H,9-10H2,(H,21,22)(H2,18,24,25)(H2,19,20,23). The molecule has 0 bridgehead atoms. The van der Waals surface area contributed by atoms with Gasteiger partial charge in [0.15, 0.2) is 0 Å². The molecule has 2 rings (SSSR count). The molecule has 0 fully saturated rings. The normalized spacial score (nSPS) is 10.8. The Morgan fingerprint density at radius 3 is 2.38 bits per heavy atom. The van der Waals surface area contributed by atoms with Crippen molar-refractivity contribution in [3.05, 3.63) is 59.9 Å². The van der Waals surface area contributed by atoms with Crippen LogP contribution in [-0.2, 0) is 21.4 Å². The number of rotatable bonds is 6. The van der Waals surface area contributed by atoms with Crippen LogP contribution in [0.5, 0.6) is 0 Å². The second kappa shape index (κ2) is 8.41. The summed E-state index contributed by atoms with van der Waals surface area (Å²) in [5.74, 6) is -0.921. The molecule has 0 spiro atoms. The molecular weight excluding hydrogens is 363 g/mol. The third-order valence-electron chi connectivity index (χ3n) is 3.22. The fraction of sp³-hybridized carbons (Fsp3) is 0.125. The summed E-state index contributed by atoms with van der Waals surface area (Å²) in [6.45, 7) is -0.154. The van der Waals surface area contributed by atoms with Crippen LogP contribution >= 0.6 is 0 Å². The molecule has 0 aliphatic carbocycles. The highest BCUT2D eigenvalue weighted by molar-refractivity contribution is 7.89. The third kappa shape index (κ3) is 6.15. The van der Waals surface area contributed by atoms with Gasteiger partial charge in [0.25, 0.3) is 0 Å². The number of carbonyl (C=O) groups is 2. The second-order valence-electron chi connectivity index (χ2n) is 5.28. The van der Waals surface area contributed by atoms with E-state index < -0.39 is 22.0 Å². The molecule has 2 aromatic carbocycles. The topological polar surface area (TPSA) is 130 Å². The van der Waals surface area contributed by atoms with Crippen LogP contribution in [0.4, 0.5) is 14.9 Å². The molecule has 138 valence electrons. The van der Waals surface area contributed by atoms with Crippen LogP contribution in [-0.4, -0.2) is 26.9 Å². The predicted octanol–water partition coefficient (Wildman–Crippen LogP) is 0.911. The Labute approximate surface area is 149 Å². The first-order valence-electron chi connectivity index (χ1n) is 7.43. The van der Waals surface area contributed by atoms with Crippen LogP contribution in [0.3, 0.4) is 0 Å². The summed E-state index contributed by atoms with van der Waals surface area (Å²) in [6, 6.07) is 10.5. The zero-order valence-corrected chi connectivity index (χ0v) is 14.3. The molecule has 0 heterocycles. The van der Waals surface area contributed by atoms with Crippen molar-refractivity contribution in [2.24, 2.45) is 5.14 Å². The smallest absolute Gasteiger partial charge is 0.315 e.